The molecule has 0 saturated carbocycles. The molecule has 0 bridgehead atoms. The van der Waals surface area contributed by atoms with Crippen LogP contribution in [0.2, 0.25) is 4.34 Å². The number of amides is 1. The topological polar surface area (TPSA) is 55.1 Å². The number of nitrogens with zero attached hydrogens (tertiary/aromatic N) is 1. The molecule has 0 saturated heterocycles. The predicted molar refractivity (Wildman–Crippen MR) is 66.6 cm³/mol. The fourth-order valence-corrected chi connectivity index (χ4v) is 2.43. The number of rotatable bonds is 4. The molecule has 2 aromatic heterocycles. The Balaban J connectivity index is 1.81. The zero-order valence-electron chi connectivity index (χ0n) is 9.20. The summed E-state index contributed by atoms with van der Waals surface area (Å²) in [6, 6.07) is 5.41. The van der Waals surface area contributed by atoms with Gasteiger partial charge in [-0.25, -0.2) is 0 Å². The Bertz CT molecular complexity index is 521. The van der Waals surface area contributed by atoms with Gasteiger partial charge >= 0.3 is 0 Å². The smallest absolute Gasteiger partial charge is 0.289 e. The molecule has 1 amide bonds. The number of carbonyl (C=O) groups is 1. The summed E-state index contributed by atoms with van der Waals surface area (Å²) >= 11 is 7.33. The molecule has 90 valence electrons. The van der Waals surface area contributed by atoms with Crippen LogP contribution in [0.25, 0.3) is 0 Å². The summed E-state index contributed by atoms with van der Waals surface area (Å²) in [5.74, 6) is -0.0000324. The Morgan fingerprint density at radius 3 is 3.00 bits per heavy atom. The van der Waals surface area contributed by atoms with Crippen molar-refractivity contribution in [3.05, 3.63) is 38.9 Å². The van der Waals surface area contributed by atoms with Crippen LogP contribution in [0.3, 0.4) is 0 Å². The van der Waals surface area contributed by atoms with E-state index in [9.17, 15) is 4.79 Å². The van der Waals surface area contributed by atoms with Crippen molar-refractivity contribution >= 4 is 28.8 Å². The molecular weight excluding hydrogens is 260 g/mol. The van der Waals surface area contributed by atoms with Crippen LogP contribution >= 0.6 is 22.9 Å². The van der Waals surface area contributed by atoms with Gasteiger partial charge in [0, 0.05) is 17.5 Å². The Labute approximate surface area is 108 Å². The van der Waals surface area contributed by atoms with E-state index in [1.165, 1.54) is 11.3 Å². The lowest BCUT2D eigenvalue weighted by Crippen LogP contribution is -2.25. The quantitative estimate of drug-likeness (QED) is 0.929. The van der Waals surface area contributed by atoms with E-state index in [0.717, 1.165) is 15.6 Å². The average Bonchev–Trinajstić information content (AvgIpc) is 2.88. The molecule has 0 aliphatic rings. The number of hydrogen-bond acceptors (Lipinski definition) is 4. The third-order valence-electron chi connectivity index (χ3n) is 2.14. The van der Waals surface area contributed by atoms with Gasteiger partial charge in [0.2, 0.25) is 5.76 Å². The lowest BCUT2D eigenvalue weighted by molar-refractivity contribution is 0.0917. The second kappa shape index (κ2) is 5.33. The standard InChI is InChI=1S/C11H11ClN2O2S/c1-7-6-9(16-14-7)11(15)13-5-4-8-2-3-10(12)17-8/h2-3,6H,4-5H2,1H3,(H,13,15). The first kappa shape index (κ1) is 12.1. The Hall–Kier alpha value is -1.33. The van der Waals surface area contributed by atoms with E-state index < -0.39 is 0 Å². The number of nitrogens with one attached hydrogen (secondary N) is 1. The third kappa shape index (κ3) is 3.31. The maximum atomic E-state index is 11.6. The maximum Gasteiger partial charge on any atom is 0.289 e. The second-order valence-corrected chi connectivity index (χ2v) is 5.34. The molecular formula is C11H11ClN2O2S. The van der Waals surface area contributed by atoms with Gasteiger partial charge in [-0.15, -0.1) is 11.3 Å². The molecule has 2 rings (SSSR count). The molecule has 1 N–H and O–H groups in total. The van der Waals surface area contributed by atoms with Gasteiger partial charge < -0.3 is 9.84 Å². The summed E-state index contributed by atoms with van der Waals surface area (Å²) in [5.41, 5.74) is 0.695. The van der Waals surface area contributed by atoms with Crippen molar-refractivity contribution in [1.82, 2.24) is 10.5 Å². The van der Waals surface area contributed by atoms with E-state index in [-0.39, 0.29) is 11.7 Å². The number of aromatic nitrogens is 1. The van der Waals surface area contributed by atoms with E-state index in [0.29, 0.717) is 12.2 Å². The minimum Gasteiger partial charge on any atom is -0.351 e. The van der Waals surface area contributed by atoms with Gasteiger partial charge in [0.05, 0.1) is 10.0 Å². The highest BCUT2D eigenvalue weighted by molar-refractivity contribution is 7.16. The van der Waals surface area contributed by atoms with Crippen LogP contribution in [0.1, 0.15) is 21.1 Å². The molecule has 2 aromatic rings. The first-order valence-corrected chi connectivity index (χ1v) is 6.30. The highest BCUT2D eigenvalue weighted by atomic mass is 35.5. The van der Waals surface area contributed by atoms with E-state index in [2.05, 4.69) is 10.5 Å². The van der Waals surface area contributed by atoms with Crippen LogP contribution in [0, 0.1) is 6.92 Å². The van der Waals surface area contributed by atoms with Crippen LogP contribution in [0.5, 0.6) is 0 Å². The number of thiophene rings is 1. The minimum atomic E-state index is -0.242. The van der Waals surface area contributed by atoms with Crippen molar-refractivity contribution < 1.29 is 9.32 Å². The molecule has 0 aromatic carbocycles. The molecule has 2 heterocycles. The maximum absolute atomic E-state index is 11.6. The molecule has 0 aliphatic carbocycles. The summed E-state index contributed by atoms with van der Waals surface area (Å²) < 4.78 is 5.61. The molecule has 0 atom stereocenters. The van der Waals surface area contributed by atoms with Gasteiger partial charge in [0.1, 0.15) is 0 Å². The van der Waals surface area contributed by atoms with E-state index in [1.54, 1.807) is 13.0 Å². The van der Waals surface area contributed by atoms with E-state index in [1.807, 2.05) is 12.1 Å². The fraction of sp³-hybridized carbons (Fsp3) is 0.273. The average molecular weight is 271 g/mol. The monoisotopic (exact) mass is 270 g/mol. The van der Waals surface area contributed by atoms with Gasteiger partial charge in [-0.2, -0.15) is 0 Å². The van der Waals surface area contributed by atoms with Crippen LogP contribution in [0.4, 0.5) is 0 Å². The predicted octanol–water partition coefficient (Wildman–Crippen LogP) is 2.67. The van der Waals surface area contributed by atoms with Gasteiger partial charge in [0.25, 0.3) is 5.91 Å². The molecule has 0 radical (unpaired) electrons. The minimum absolute atomic E-state index is 0.242. The number of aryl methyl sites for hydroxylation is 1. The lowest BCUT2D eigenvalue weighted by atomic mass is 10.3. The molecule has 4 nitrogen and oxygen atoms in total. The highest BCUT2D eigenvalue weighted by Crippen LogP contribution is 2.21. The molecule has 0 unspecified atom stereocenters. The number of carbonyl (C=O) groups excluding carboxylic acids is 1. The molecule has 17 heavy (non-hydrogen) atoms. The Morgan fingerprint density at radius 2 is 2.41 bits per heavy atom. The first-order chi connectivity index (χ1) is 8.15. The van der Waals surface area contributed by atoms with E-state index in [4.69, 9.17) is 16.1 Å². The molecule has 6 heteroatoms. The number of hydrogen-bond donors (Lipinski definition) is 1. The lowest BCUT2D eigenvalue weighted by Gasteiger charge is -2.00. The third-order valence-corrected chi connectivity index (χ3v) is 3.43. The Morgan fingerprint density at radius 1 is 1.59 bits per heavy atom. The summed E-state index contributed by atoms with van der Waals surface area (Å²) in [6.45, 7) is 2.32. The largest absolute Gasteiger partial charge is 0.351 e. The first-order valence-electron chi connectivity index (χ1n) is 5.11. The van der Waals surface area contributed by atoms with Gasteiger partial charge in [0.15, 0.2) is 0 Å². The van der Waals surface area contributed by atoms with Gasteiger partial charge in [-0.1, -0.05) is 16.8 Å². The summed E-state index contributed by atoms with van der Waals surface area (Å²) in [7, 11) is 0. The summed E-state index contributed by atoms with van der Waals surface area (Å²) in [4.78, 5) is 12.7. The van der Waals surface area contributed by atoms with Crippen LogP contribution in [-0.2, 0) is 6.42 Å². The SMILES string of the molecule is Cc1cc(C(=O)NCCc2ccc(Cl)s2)on1. The van der Waals surface area contributed by atoms with Crippen molar-refractivity contribution in [1.29, 1.82) is 0 Å². The summed E-state index contributed by atoms with van der Waals surface area (Å²) in [6.07, 6.45) is 0.760. The Kier molecular flexibility index (Phi) is 3.81. The zero-order chi connectivity index (χ0) is 12.3. The van der Waals surface area contributed by atoms with Crippen LogP contribution in [-0.4, -0.2) is 17.6 Å². The van der Waals surface area contributed by atoms with Crippen LogP contribution in [0.15, 0.2) is 22.7 Å². The molecule has 0 fully saturated rings. The van der Waals surface area contributed by atoms with Gasteiger partial charge in [-0.05, 0) is 25.5 Å². The summed E-state index contributed by atoms with van der Waals surface area (Å²) in [5, 5.41) is 6.42. The fourth-order valence-electron chi connectivity index (χ4n) is 1.34. The molecule has 0 aliphatic heterocycles. The molecule has 0 spiro atoms. The van der Waals surface area contributed by atoms with Gasteiger partial charge in [-0.3, -0.25) is 4.79 Å². The van der Waals surface area contributed by atoms with Crippen molar-refractivity contribution in [2.45, 2.75) is 13.3 Å². The van der Waals surface area contributed by atoms with E-state index >= 15 is 0 Å². The van der Waals surface area contributed by atoms with Crippen molar-refractivity contribution in [2.24, 2.45) is 0 Å². The van der Waals surface area contributed by atoms with Crippen LogP contribution < -0.4 is 5.32 Å². The van der Waals surface area contributed by atoms with Crippen molar-refractivity contribution in [3.63, 3.8) is 0 Å². The zero-order valence-corrected chi connectivity index (χ0v) is 10.8. The normalized spacial score (nSPS) is 10.5. The number of halogens is 1. The van der Waals surface area contributed by atoms with Crippen molar-refractivity contribution in [2.75, 3.05) is 6.54 Å². The highest BCUT2D eigenvalue weighted by Gasteiger charge is 2.10. The second-order valence-electron chi connectivity index (χ2n) is 3.54. The van der Waals surface area contributed by atoms with Crippen molar-refractivity contribution in [3.8, 4) is 0 Å².